The van der Waals surface area contributed by atoms with Crippen LogP contribution in [0.4, 0.5) is 5.69 Å². The summed E-state index contributed by atoms with van der Waals surface area (Å²) in [4.78, 5) is 12.0. The number of aryl methyl sites for hydroxylation is 1. The third-order valence-corrected chi connectivity index (χ3v) is 4.99. The van der Waals surface area contributed by atoms with E-state index in [1.54, 1.807) is 11.8 Å². The Labute approximate surface area is 138 Å². The van der Waals surface area contributed by atoms with Crippen molar-refractivity contribution in [3.63, 3.8) is 0 Å². The molecule has 1 unspecified atom stereocenters. The van der Waals surface area contributed by atoms with Gasteiger partial charge in [-0.25, -0.2) is 0 Å². The normalized spacial score (nSPS) is 12.0. The number of carbonyl (C=O) groups is 1. The standard InChI is InChI=1S/C17H18BrNOS/c1-12-8-9-16(15(18)10-12)19-17(20)11-21-13(2)14-6-4-3-5-7-14/h3-10,13H,11H2,1-2H3,(H,19,20). The van der Waals surface area contributed by atoms with Gasteiger partial charge in [-0.05, 0) is 53.0 Å². The van der Waals surface area contributed by atoms with Gasteiger partial charge in [0, 0.05) is 9.72 Å². The van der Waals surface area contributed by atoms with Gasteiger partial charge in [-0.15, -0.1) is 11.8 Å². The lowest BCUT2D eigenvalue weighted by Gasteiger charge is -2.12. The zero-order chi connectivity index (χ0) is 15.2. The Balaban J connectivity index is 1.87. The van der Waals surface area contributed by atoms with Gasteiger partial charge in [0.25, 0.3) is 0 Å². The minimum atomic E-state index is 0.0207. The first kappa shape index (κ1) is 16.1. The van der Waals surface area contributed by atoms with Gasteiger partial charge in [0.1, 0.15) is 0 Å². The van der Waals surface area contributed by atoms with E-state index in [2.05, 4.69) is 40.3 Å². The lowest BCUT2D eigenvalue weighted by atomic mass is 10.2. The van der Waals surface area contributed by atoms with Crippen molar-refractivity contribution in [3.8, 4) is 0 Å². The zero-order valence-corrected chi connectivity index (χ0v) is 14.5. The number of hydrogen-bond acceptors (Lipinski definition) is 2. The number of benzene rings is 2. The highest BCUT2D eigenvalue weighted by molar-refractivity contribution is 9.10. The summed E-state index contributed by atoms with van der Waals surface area (Å²) in [5, 5.41) is 3.24. The number of rotatable bonds is 5. The Kier molecular flexibility index (Phi) is 5.88. The summed E-state index contributed by atoms with van der Waals surface area (Å²) in [5.41, 5.74) is 3.22. The minimum absolute atomic E-state index is 0.0207. The van der Waals surface area contributed by atoms with Crippen LogP contribution in [0.2, 0.25) is 0 Å². The average molecular weight is 364 g/mol. The van der Waals surface area contributed by atoms with Crippen molar-refractivity contribution in [1.29, 1.82) is 0 Å². The van der Waals surface area contributed by atoms with Gasteiger partial charge < -0.3 is 5.32 Å². The molecule has 0 bridgehead atoms. The molecule has 2 aromatic rings. The van der Waals surface area contributed by atoms with E-state index in [1.165, 1.54) is 5.56 Å². The molecule has 0 aliphatic heterocycles. The molecule has 0 aliphatic carbocycles. The van der Waals surface area contributed by atoms with E-state index >= 15 is 0 Å². The van der Waals surface area contributed by atoms with Gasteiger partial charge in [0.05, 0.1) is 11.4 Å². The smallest absolute Gasteiger partial charge is 0.234 e. The first-order chi connectivity index (χ1) is 10.1. The third kappa shape index (κ3) is 4.90. The van der Waals surface area contributed by atoms with Crippen LogP contribution < -0.4 is 5.32 Å². The lowest BCUT2D eigenvalue weighted by Crippen LogP contribution is -2.15. The van der Waals surface area contributed by atoms with Crippen molar-refractivity contribution >= 4 is 39.3 Å². The van der Waals surface area contributed by atoms with Gasteiger partial charge in [-0.1, -0.05) is 36.4 Å². The van der Waals surface area contributed by atoms with Gasteiger partial charge in [-0.2, -0.15) is 0 Å². The predicted octanol–water partition coefficient (Wildman–Crippen LogP) is 5.19. The second-order valence-electron chi connectivity index (χ2n) is 4.90. The van der Waals surface area contributed by atoms with Gasteiger partial charge in [-0.3, -0.25) is 4.79 Å². The van der Waals surface area contributed by atoms with Crippen LogP contribution in [0, 0.1) is 6.92 Å². The van der Waals surface area contributed by atoms with Gasteiger partial charge in [0.2, 0.25) is 5.91 Å². The second kappa shape index (κ2) is 7.66. The molecule has 0 heterocycles. The molecule has 2 rings (SSSR count). The topological polar surface area (TPSA) is 29.1 Å². The van der Waals surface area contributed by atoms with E-state index in [9.17, 15) is 4.79 Å². The van der Waals surface area contributed by atoms with Crippen LogP contribution in [0.25, 0.3) is 0 Å². The molecule has 2 nitrogen and oxygen atoms in total. The molecule has 0 aliphatic rings. The van der Waals surface area contributed by atoms with E-state index in [1.807, 2.05) is 43.3 Å². The number of thioether (sulfide) groups is 1. The summed E-state index contributed by atoms with van der Waals surface area (Å²) in [6, 6.07) is 16.1. The molecule has 1 N–H and O–H groups in total. The fourth-order valence-electron chi connectivity index (χ4n) is 1.93. The van der Waals surface area contributed by atoms with Crippen LogP contribution in [0.1, 0.15) is 23.3 Å². The Morgan fingerprint density at radius 1 is 1.24 bits per heavy atom. The van der Waals surface area contributed by atoms with Crippen LogP contribution in [0.15, 0.2) is 53.0 Å². The Bertz CT molecular complexity index is 615. The van der Waals surface area contributed by atoms with Crippen LogP contribution in [-0.2, 0) is 4.79 Å². The molecule has 21 heavy (non-hydrogen) atoms. The van der Waals surface area contributed by atoms with E-state index in [0.717, 1.165) is 15.7 Å². The van der Waals surface area contributed by atoms with E-state index in [4.69, 9.17) is 0 Å². The maximum Gasteiger partial charge on any atom is 0.234 e. The maximum absolute atomic E-state index is 12.0. The molecule has 0 fully saturated rings. The van der Waals surface area contributed by atoms with Crippen molar-refractivity contribution in [2.45, 2.75) is 19.1 Å². The second-order valence-corrected chi connectivity index (χ2v) is 7.08. The van der Waals surface area contributed by atoms with Crippen molar-refractivity contribution in [2.75, 3.05) is 11.1 Å². The highest BCUT2D eigenvalue weighted by Crippen LogP contribution is 2.28. The quantitative estimate of drug-likeness (QED) is 0.791. The van der Waals surface area contributed by atoms with Crippen LogP contribution >= 0.6 is 27.7 Å². The molecule has 1 atom stereocenters. The first-order valence-corrected chi connectivity index (χ1v) is 8.63. The fourth-order valence-corrected chi connectivity index (χ4v) is 3.34. The van der Waals surface area contributed by atoms with Crippen molar-refractivity contribution in [3.05, 3.63) is 64.1 Å². The molecule has 0 saturated heterocycles. The molecule has 0 saturated carbocycles. The Hall–Kier alpha value is -1.26. The van der Waals surface area contributed by atoms with Crippen LogP contribution in [-0.4, -0.2) is 11.7 Å². The summed E-state index contributed by atoms with van der Waals surface area (Å²) in [7, 11) is 0. The molecule has 4 heteroatoms. The van der Waals surface area contributed by atoms with Crippen molar-refractivity contribution < 1.29 is 4.79 Å². The van der Waals surface area contributed by atoms with E-state index in [0.29, 0.717) is 11.0 Å². The lowest BCUT2D eigenvalue weighted by molar-refractivity contribution is -0.113. The fraction of sp³-hybridized carbons (Fsp3) is 0.235. The van der Waals surface area contributed by atoms with Crippen molar-refractivity contribution in [1.82, 2.24) is 0 Å². The molecule has 2 aromatic carbocycles. The minimum Gasteiger partial charge on any atom is -0.324 e. The molecule has 0 spiro atoms. The highest BCUT2D eigenvalue weighted by atomic mass is 79.9. The Morgan fingerprint density at radius 2 is 1.95 bits per heavy atom. The summed E-state index contributed by atoms with van der Waals surface area (Å²) in [6.07, 6.45) is 0. The number of carbonyl (C=O) groups excluding carboxylic acids is 1. The molecule has 1 amide bonds. The molecular weight excluding hydrogens is 346 g/mol. The monoisotopic (exact) mass is 363 g/mol. The average Bonchev–Trinajstić information content (AvgIpc) is 2.48. The van der Waals surface area contributed by atoms with Gasteiger partial charge in [0.15, 0.2) is 0 Å². The van der Waals surface area contributed by atoms with Gasteiger partial charge >= 0.3 is 0 Å². The SMILES string of the molecule is Cc1ccc(NC(=O)CSC(C)c2ccccc2)c(Br)c1. The van der Waals surface area contributed by atoms with E-state index < -0.39 is 0 Å². The van der Waals surface area contributed by atoms with Crippen molar-refractivity contribution in [2.24, 2.45) is 0 Å². The predicted molar refractivity (Wildman–Crippen MR) is 94.8 cm³/mol. The molecular formula is C17H18BrNOS. The van der Waals surface area contributed by atoms with Crippen LogP contribution in [0.5, 0.6) is 0 Å². The Morgan fingerprint density at radius 3 is 2.62 bits per heavy atom. The molecule has 110 valence electrons. The maximum atomic E-state index is 12.0. The molecule has 0 radical (unpaired) electrons. The summed E-state index contributed by atoms with van der Waals surface area (Å²) < 4.78 is 0.914. The third-order valence-electron chi connectivity index (χ3n) is 3.13. The summed E-state index contributed by atoms with van der Waals surface area (Å²) >= 11 is 5.11. The number of nitrogens with one attached hydrogen (secondary N) is 1. The number of hydrogen-bond donors (Lipinski definition) is 1. The largest absolute Gasteiger partial charge is 0.324 e. The zero-order valence-electron chi connectivity index (χ0n) is 12.1. The number of anilines is 1. The van der Waals surface area contributed by atoms with Crippen LogP contribution in [0.3, 0.4) is 0 Å². The van der Waals surface area contributed by atoms with E-state index in [-0.39, 0.29) is 5.91 Å². The summed E-state index contributed by atoms with van der Waals surface area (Å²) in [5.74, 6) is 0.462. The summed E-state index contributed by atoms with van der Waals surface area (Å²) in [6.45, 7) is 4.14. The highest BCUT2D eigenvalue weighted by Gasteiger charge is 2.10. The number of amides is 1. The first-order valence-electron chi connectivity index (χ1n) is 6.79. The number of halogens is 1. The molecule has 0 aromatic heterocycles.